The van der Waals surface area contributed by atoms with Crippen molar-refractivity contribution in [1.82, 2.24) is 4.90 Å². The fourth-order valence-corrected chi connectivity index (χ4v) is 3.90. The van der Waals surface area contributed by atoms with E-state index < -0.39 is 5.91 Å². The van der Waals surface area contributed by atoms with E-state index in [4.69, 9.17) is 5.73 Å². The minimum Gasteiger partial charge on any atom is -0.366 e. The van der Waals surface area contributed by atoms with Crippen LogP contribution in [-0.4, -0.2) is 30.3 Å². The highest BCUT2D eigenvalue weighted by Gasteiger charge is 2.26. The standard InChI is InChI=1S/C17H19N3O2S/c1-20(14-7-6-11-4-2-3-5-12(11)14)10-15(21)19-17-13(16(18)22)8-9-23-17/h2-5,8-9,14H,6-7,10H2,1H3,(H2,18,22)(H,19,21). The predicted octanol–water partition coefficient (Wildman–Crippen LogP) is 2.40. The van der Waals surface area contributed by atoms with E-state index in [0.29, 0.717) is 10.6 Å². The maximum atomic E-state index is 12.3. The van der Waals surface area contributed by atoms with E-state index in [1.165, 1.54) is 22.5 Å². The molecule has 2 aromatic rings. The molecule has 0 spiro atoms. The molecule has 0 fully saturated rings. The van der Waals surface area contributed by atoms with Crippen molar-refractivity contribution in [2.75, 3.05) is 18.9 Å². The summed E-state index contributed by atoms with van der Waals surface area (Å²) in [6.07, 6.45) is 2.07. The molecule has 0 saturated heterocycles. The number of rotatable bonds is 5. The lowest BCUT2D eigenvalue weighted by atomic mass is 10.1. The quantitative estimate of drug-likeness (QED) is 0.884. The molecule has 1 heterocycles. The van der Waals surface area contributed by atoms with Gasteiger partial charge in [0.15, 0.2) is 0 Å². The first-order chi connectivity index (χ1) is 11.1. The van der Waals surface area contributed by atoms with E-state index in [9.17, 15) is 9.59 Å². The number of fused-ring (bicyclic) bond motifs is 1. The average molecular weight is 329 g/mol. The molecule has 2 amide bonds. The summed E-state index contributed by atoms with van der Waals surface area (Å²) in [6, 6.07) is 10.3. The van der Waals surface area contributed by atoms with Crippen LogP contribution in [0.3, 0.4) is 0 Å². The molecule has 3 N–H and O–H groups in total. The maximum absolute atomic E-state index is 12.3. The molecule has 1 aromatic carbocycles. The van der Waals surface area contributed by atoms with Gasteiger partial charge in [0.2, 0.25) is 5.91 Å². The number of nitrogens with two attached hydrogens (primary N) is 1. The summed E-state index contributed by atoms with van der Waals surface area (Å²) in [7, 11) is 1.95. The van der Waals surface area contributed by atoms with Gasteiger partial charge in [0.05, 0.1) is 12.1 Å². The number of amides is 2. The second-order valence-corrected chi connectivity index (χ2v) is 6.66. The highest BCUT2D eigenvalue weighted by atomic mass is 32.1. The molecular formula is C17H19N3O2S. The number of hydrogen-bond acceptors (Lipinski definition) is 4. The number of likely N-dealkylation sites (N-methyl/N-ethyl adjacent to an activating group) is 1. The van der Waals surface area contributed by atoms with Crippen molar-refractivity contribution in [3.05, 3.63) is 52.4 Å². The van der Waals surface area contributed by atoms with Crippen LogP contribution in [0.15, 0.2) is 35.7 Å². The Morgan fingerprint density at radius 3 is 2.91 bits per heavy atom. The number of nitrogens with zero attached hydrogens (tertiary/aromatic N) is 1. The lowest BCUT2D eigenvalue weighted by Gasteiger charge is -2.24. The number of anilines is 1. The van der Waals surface area contributed by atoms with Crippen molar-refractivity contribution in [1.29, 1.82) is 0 Å². The van der Waals surface area contributed by atoms with Gasteiger partial charge >= 0.3 is 0 Å². The molecule has 0 aliphatic heterocycles. The predicted molar refractivity (Wildman–Crippen MR) is 91.6 cm³/mol. The fourth-order valence-electron chi connectivity index (χ4n) is 3.10. The number of aryl methyl sites for hydroxylation is 1. The van der Waals surface area contributed by atoms with Crippen LogP contribution < -0.4 is 11.1 Å². The Morgan fingerprint density at radius 1 is 1.35 bits per heavy atom. The van der Waals surface area contributed by atoms with Crippen LogP contribution in [0.2, 0.25) is 0 Å². The molecule has 1 aliphatic rings. The van der Waals surface area contributed by atoms with Gasteiger partial charge < -0.3 is 11.1 Å². The van der Waals surface area contributed by atoms with Gasteiger partial charge in [-0.2, -0.15) is 0 Å². The van der Waals surface area contributed by atoms with E-state index in [0.717, 1.165) is 12.8 Å². The summed E-state index contributed by atoms with van der Waals surface area (Å²) in [5.74, 6) is -0.665. The van der Waals surface area contributed by atoms with Gasteiger partial charge in [-0.25, -0.2) is 0 Å². The average Bonchev–Trinajstić information content (AvgIpc) is 3.13. The minimum absolute atomic E-state index is 0.137. The van der Waals surface area contributed by atoms with Gasteiger partial charge in [-0.05, 0) is 42.5 Å². The number of primary amides is 1. The molecule has 1 aliphatic carbocycles. The smallest absolute Gasteiger partial charge is 0.251 e. The molecule has 1 atom stereocenters. The Balaban J connectivity index is 1.64. The number of carbonyl (C=O) groups is 2. The third-order valence-corrected chi connectivity index (χ3v) is 5.04. The van der Waals surface area contributed by atoms with Gasteiger partial charge in [-0.15, -0.1) is 11.3 Å². The Hall–Kier alpha value is -2.18. The normalized spacial score (nSPS) is 16.3. The summed E-state index contributed by atoms with van der Waals surface area (Å²) in [5.41, 5.74) is 8.32. The SMILES string of the molecule is CN(CC(=O)Nc1sccc1C(N)=O)C1CCc2ccccc21. The second kappa shape index (κ2) is 6.52. The monoisotopic (exact) mass is 329 g/mol. The molecule has 6 heteroatoms. The van der Waals surface area contributed by atoms with Crippen molar-refractivity contribution in [2.24, 2.45) is 5.73 Å². The highest BCUT2D eigenvalue weighted by Crippen LogP contribution is 2.34. The van der Waals surface area contributed by atoms with Crippen molar-refractivity contribution in [2.45, 2.75) is 18.9 Å². The number of hydrogen-bond donors (Lipinski definition) is 2. The summed E-state index contributed by atoms with van der Waals surface area (Å²) >= 11 is 1.30. The topological polar surface area (TPSA) is 75.4 Å². The van der Waals surface area contributed by atoms with Crippen molar-refractivity contribution >= 4 is 28.2 Å². The van der Waals surface area contributed by atoms with Crippen LogP contribution in [0.4, 0.5) is 5.00 Å². The van der Waals surface area contributed by atoms with E-state index in [-0.39, 0.29) is 18.5 Å². The number of nitrogens with one attached hydrogen (secondary N) is 1. The fraction of sp³-hybridized carbons (Fsp3) is 0.294. The number of carbonyl (C=O) groups excluding carboxylic acids is 2. The molecule has 120 valence electrons. The van der Waals surface area contributed by atoms with Crippen LogP contribution in [0.25, 0.3) is 0 Å². The van der Waals surface area contributed by atoms with Crippen LogP contribution in [0, 0.1) is 0 Å². The van der Waals surface area contributed by atoms with E-state index in [2.05, 4.69) is 28.4 Å². The molecule has 5 nitrogen and oxygen atoms in total. The first-order valence-electron chi connectivity index (χ1n) is 7.51. The molecule has 1 aromatic heterocycles. The van der Waals surface area contributed by atoms with Crippen molar-refractivity contribution in [3.8, 4) is 0 Å². The molecule has 23 heavy (non-hydrogen) atoms. The molecule has 0 bridgehead atoms. The largest absolute Gasteiger partial charge is 0.366 e. The summed E-state index contributed by atoms with van der Waals surface area (Å²) in [5, 5.41) is 5.05. The van der Waals surface area contributed by atoms with Gasteiger partial charge in [0.1, 0.15) is 5.00 Å². The van der Waals surface area contributed by atoms with Crippen molar-refractivity contribution in [3.63, 3.8) is 0 Å². The van der Waals surface area contributed by atoms with Crippen LogP contribution >= 0.6 is 11.3 Å². The Bertz CT molecular complexity index is 741. The third-order valence-electron chi connectivity index (χ3n) is 4.21. The van der Waals surface area contributed by atoms with Crippen LogP contribution in [0.1, 0.15) is 33.9 Å². The lowest BCUT2D eigenvalue weighted by Crippen LogP contribution is -2.32. The van der Waals surface area contributed by atoms with E-state index in [1.807, 2.05) is 13.1 Å². The number of thiophene rings is 1. The molecule has 1 unspecified atom stereocenters. The molecular weight excluding hydrogens is 310 g/mol. The molecule has 0 saturated carbocycles. The van der Waals surface area contributed by atoms with Gasteiger partial charge in [-0.3, -0.25) is 14.5 Å². The second-order valence-electron chi connectivity index (χ2n) is 5.74. The maximum Gasteiger partial charge on any atom is 0.251 e. The van der Waals surface area contributed by atoms with Crippen LogP contribution in [0.5, 0.6) is 0 Å². The van der Waals surface area contributed by atoms with Crippen LogP contribution in [-0.2, 0) is 11.2 Å². The minimum atomic E-state index is -0.528. The Kier molecular flexibility index (Phi) is 4.45. The Labute approximate surface area is 139 Å². The van der Waals surface area contributed by atoms with E-state index >= 15 is 0 Å². The first kappa shape index (κ1) is 15.7. The van der Waals surface area contributed by atoms with Gasteiger partial charge in [0, 0.05) is 6.04 Å². The first-order valence-corrected chi connectivity index (χ1v) is 8.39. The molecule has 0 radical (unpaired) electrons. The summed E-state index contributed by atoms with van der Waals surface area (Å²) < 4.78 is 0. The van der Waals surface area contributed by atoms with E-state index in [1.54, 1.807) is 11.4 Å². The summed E-state index contributed by atoms with van der Waals surface area (Å²) in [4.78, 5) is 25.6. The number of benzene rings is 1. The molecule has 3 rings (SSSR count). The lowest BCUT2D eigenvalue weighted by molar-refractivity contribution is -0.117. The summed E-state index contributed by atoms with van der Waals surface area (Å²) in [6.45, 7) is 0.273. The zero-order chi connectivity index (χ0) is 16.4. The zero-order valence-electron chi connectivity index (χ0n) is 12.9. The zero-order valence-corrected chi connectivity index (χ0v) is 13.7. The van der Waals surface area contributed by atoms with Gasteiger partial charge in [0.25, 0.3) is 5.91 Å². The third kappa shape index (κ3) is 3.28. The highest BCUT2D eigenvalue weighted by molar-refractivity contribution is 7.14. The van der Waals surface area contributed by atoms with Gasteiger partial charge in [-0.1, -0.05) is 24.3 Å². The Morgan fingerprint density at radius 2 is 2.13 bits per heavy atom. The van der Waals surface area contributed by atoms with Crippen molar-refractivity contribution < 1.29 is 9.59 Å².